The summed E-state index contributed by atoms with van der Waals surface area (Å²) in [6.45, 7) is 1.73. The minimum absolute atomic E-state index is 0. The fraction of sp³-hybridized carbons (Fsp3) is 0.556. The van der Waals surface area contributed by atoms with Crippen LogP contribution in [0.5, 0.6) is 5.88 Å². The van der Waals surface area contributed by atoms with Gasteiger partial charge in [0.05, 0.1) is 0 Å². The smallest absolute Gasteiger partial charge is 0.225 e. The van der Waals surface area contributed by atoms with Crippen molar-refractivity contribution in [2.45, 2.75) is 18.9 Å². The minimum atomic E-state index is 0. The van der Waals surface area contributed by atoms with Gasteiger partial charge in [-0.3, -0.25) is 0 Å². The lowest BCUT2D eigenvalue weighted by atomic mass is 10.2. The molecule has 4 nitrogen and oxygen atoms in total. The van der Waals surface area contributed by atoms with Gasteiger partial charge in [-0.1, -0.05) is 0 Å². The molecule has 1 aliphatic heterocycles. The topological polar surface area (TPSA) is 47.0 Å². The van der Waals surface area contributed by atoms with E-state index in [-0.39, 0.29) is 17.7 Å². The molecule has 2 heterocycles. The molecule has 1 aliphatic rings. The molecule has 15 heavy (non-hydrogen) atoms. The van der Waals surface area contributed by atoms with Crippen molar-refractivity contribution in [3.05, 3.63) is 17.5 Å². The summed E-state index contributed by atoms with van der Waals surface area (Å²) in [5.74, 6) is 0.540. The summed E-state index contributed by atoms with van der Waals surface area (Å²) in [4.78, 5) is 7.72. The molecule has 0 aliphatic carbocycles. The van der Waals surface area contributed by atoms with E-state index in [2.05, 4.69) is 15.3 Å². The first-order chi connectivity index (χ1) is 6.84. The molecule has 84 valence electrons. The lowest BCUT2D eigenvalue weighted by molar-refractivity contribution is 0.267. The SMILES string of the molecule is Cl.Clc1nccc(OCC2CCCN2)n1. The number of ether oxygens (including phenoxy) is 1. The highest BCUT2D eigenvalue weighted by Crippen LogP contribution is 2.11. The van der Waals surface area contributed by atoms with Crippen LogP contribution in [0, 0.1) is 0 Å². The molecule has 1 aromatic rings. The molecule has 0 amide bonds. The average Bonchev–Trinajstić information content (AvgIpc) is 2.67. The summed E-state index contributed by atoms with van der Waals surface area (Å²) in [5, 5.41) is 3.56. The van der Waals surface area contributed by atoms with E-state index in [1.807, 2.05) is 0 Å². The van der Waals surface area contributed by atoms with Gasteiger partial charge in [-0.05, 0) is 31.0 Å². The van der Waals surface area contributed by atoms with E-state index in [1.165, 1.54) is 12.8 Å². The second-order valence-electron chi connectivity index (χ2n) is 3.27. The number of rotatable bonds is 3. The lowest BCUT2D eigenvalue weighted by Gasteiger charge is -2.10. The van der Waals surface area contributed by atoms with Crippen molar-refractivity contribution in [3.63, 3.8) is 0 Å². The van der Waals surface area contributed by atoms with E-state index < -0.39 is 0 Å². The van der Waals surface area contributed by atoms with Crippen LogP contribution in [0.3, 0.4) is 0 Å². The molecular formula is C9H13Cl2N3O. The van der Waals surface area contributed by atoms with Crippen LogP contribution in [0.15, 0.2) is 12.3 Å². The van der Waals surface area contributed by atoms with Crippen molar-refractivity contribution in [1.29, 1.82) is 0 Å². The molecule has 0 bridgehead atoms. The molecule has 0 radical (unpaired) electrons. The summed E-state index contributed by atoms with van der Waals surface area (Å²) in [6.07, 6.45) is 3.98. The van der Waals surface area contributed by atoms with Crippen molar-refractivity contribution in [2.24, 2.45) is 0 Å². The van der Waals surface area contributed by atoms with Crippen LogP contribution in [-0.4, -0.2) is 29.2 Å². The van der Waals surface area contributed by atoms with Gasteiger partial charge in [-0.15, -0.1) is 12.4 Å². The molecule has 2 rings (SSSR count). The van der Waals surface area contributed by atoms with Gasteiger partial charge in [0.15, 0.2) is 0 Å². The van der Waals surface area contributed by atoms with Gasteiger partial charge in [0.1, 0.15) is 6.61 Å². The lowest BCUT2D eigenvalue weighted by Crippen LogP contribution is -2.28. The maximum Gasteiger partial charge on any atom is 0.225 e. The Kier molecular flexibility index (Phi) is 5.08. The van der Waals surface area contributed by atoms with E-state index in [1.54, 1.807) is 12.3 Å². The monoisotopic (exact) mass is 249 g/mol. The van der Waals surface area contributed by atoms with Crippen molar-refractivity contribution in [1.82, 2.24) is 15.3 Å². The number of hydrogen-bond donors (Lipinski definition) is 1. The molecule has 0 aromatic carbocycles. The average molecular weight is 250 g/mol. The molecule has 1 saturated heterocycles. The number of aromatic nitrogens is 2. The van der Waals surface area contributed by atoms with Crippen LogP contribution in [0.4, 0.5) is 0 Å². The van der Waals surface area contributed by atoms with Gasteiger partial charge in [0.2, 0.25) is 11.2 Å². The zero-order valence-corrected chi connectivity index (χ0v) is 9.72. The normalized spacial score (nSPS) is 19.7. The van der Waals surface area contributed by atoms with Crippen LogP contribution in [0.25, 0.3) is 0 Å². The van der Waals surface area contributed by atoms with E-state index in [4.69, 9.17) is 16.3 Å². The molecule has 1 aromatic heterocycles. The fourth-order valence-electron chi connectivity index (χ4n) is 1.48. The zero-order valence-electron chi connectivity index (χ0n) is 8.15. The fourth-order valence-corrected chi connectivity index (χ4v) is 1.62. The Morgan fingerprint density at radius 3 is 3.13 bits per heavy atom. The highest BCUT2D eigenvalue weighted by Gasteiger charge is 2.14. The molecule has 1 N–H and O–H groups in total. The first-order valence-electron chi connectivity index (χ1n) is 4.69. The van der Waals surface area contributed by atoms with Crippen LogP contribution >= 0.6 is 24.0 Å². The number of halogens is 2. The van der Waals surface area contributed by atoms with Crippen molar-refractivity contribution < 1.29 is 4.74 Å². The Bertz CT molecular complexity index is 305. The van der Waals surface area contributed by atoms with Crippen molar-refractivity contribution in [2.75, 3.05) is 13.2 Å². The Labute approximate surface area is 99.8 Å². The first kappa shape index (κ1) is 12.5. The summed E-state index contributed by atoms with van der Waals surface area (Å²) in [7, 11) is 0. The Hall–Kier alpha value is -0.580. The third-order valence-electron chi connectivity index (χ3n) is 2.20. The molecule has 0 saturated carbocycles. The van der Waals surface area contributed by atoms with Crippen LogP contribution in [-0.2, 0) is 0 Å². The summed E-state index contributed by atoms with van der Waals surface area (Å²) < 4.78 is 5.47. The van der Waals surface area contributed by atoms with Crippen molar-refractivity contribution in [3.8, 4) is 5.88 Å². The maximum absolute atomic E-state index is 5.62. The highest BCUT2D eigenvalue weighted by atomic mass is 35.5. The van der Waals surface area contributed by atoms with E-state index in [0.29, 0.717) is 18.5 Å². The molecule has 6 heteroatoms. The van der Waals surface area contributed by atoms with Gasteiger partial charge in [0.25, 0.3) is 0 Å². The van der Waals surface area contributed by atoms with Gasteiger partial charge in [0, 0.05) is 18.3 Å². The minimum Gasteiger partial charge on any atom is -0.476 e. The number of nitrogens with zero attached hydrogens (tertiary/aromatic N) is 2. The number of hydrogen-bond acceptors (Lipinski definition) is 4. The van der Waals surface area contributed by atoms with Crippen LogP contribution in [0.1, 0.15) is 12.8 Å². The molecule has 1 fully saturated rings. The Morgan fingerprint density at radius 2 is 2.47 bits per heavy atom. The predicted octanol–water partition coefficient (Wildman–Crippen LogP) is 1.68. The maximum atomic E-state index is 5.62. The Morgan fingerprint density at radius 1 is 1.60 bits per heavy atom. The first-order valence-corrected chi connectivity index (χ1v) is 5.07. The standard InChI is InChI=1S/C9H12ClN3O.ClH/c10-9-12-5-3-8(13-9)14-6-7-2-1-4-11-7;/h3,5,7,11H,1-2,4,6H2;1H. The third-order valence-corrected chi connectivity index (χ3v) is 2.38. The summed E-state index contributed by atoms with van der Waals surface area (Å²) in [6, 6.07) is 2.16. The molecule has 1 unspecified atom stereocenters. The van der Waals surface area contributed by atoms with Crippen molar-refractivity contribution >= 4 is 24.0 Å². The van der Waals surface area contributed by atoms with Gasteiger partial charge < -0.3 is 10.1 Å². The summed E-state index contributed by atoms with van der Waals surface area (Å²) in [5.41, 5.74) is 0. The quantitative estimate of drug-likeness (QED) is 0.829. The highest BCUT2D eigenvalue weighted by molar-refractivity contribution is 6.28. The Balaban J connectivity index is 0.00000112. The van der Waals surface area contributed by atoms with Gasteiger partial charge >= 0.3 is 0 Å². The number of nitrogens with one attached hydrogen (secondary N) is 1. The second kappa shape index (κ2) is 6.10. The van der Waals surface area contributed by atoms with Gasteiger partial charge in [-0.2, -0.15) is 4.98 Å². The second-order valence-corrected chi connectivity index (χ2v) is 3.61. The summed E-state index contributed by atoms with van der Waals surface area (Å²) >= 11 is 5.62. The van der Waals surface area contributed by atoms with Gasteiger partial charge in [-0.25, -0.2) is 4.98 Å². The molecule has 0 spiro atoms. The molecule has 1 atom stereocenters. The third kappa shape index (κ3) is 3.81. The van der Waals surface area contributed by atoms with E-state index in [0.717, 1.165) is 6.54 Å². The molecular weight excluding hydrogens is 237 g/mol. The zero-order chi connectivity index (χ0) is 9.80. The van der Waals surface area contributed by atoms with E-state index in [9.17, 15) is 0 Å². The van der Waals surface area contributed by atoms with E-state index >= 15 is 0 Å². The predicted molar refractivity (Wildman–Crippen MR) is 60.8 cm³/mol. The van der Waals surface area contributed by atoms with Crippen LogP contribution in [0.2, 0.25) is 5.28 Å². The largest absolute Gasteiger partial charge is 0.476 e. The van der Waals surface area contributed by atoms with Crippen LogP contribution < -0.4 is 10.1 Å².